The second-order valence-electron chi connectivity index (χ2n) is 4.35. The predicted molar refractivity (Wildman–Crippen MR) is 80.1 cm³/mol. The molecule has 0 aliphatic carbocycles. The van der Waals surface area contributed by atoms with Crippen LogP contribution in [0, 0.1) is 17.0 Å². The maximum Gasteiger partial charge on any atom is 0.270 e. The summed E-state index contributed by atoms with van der Waals surface area (Å²) in [5.41, 5.74) is 0.891. The van der Waals surface area contributed by atoms with E-state index >= 15 is 0 Å². The molecule has 0 aromatic heterocycles. The number of nitrogens with one attached hydrogen (secondary N) is 1. The lowest BCUT2D eigenvalue weighted by molar-refractivity contribution is -0.385. The Hall–Kier alpha value is -2.12. The summed E-state index contributed by atoms with van der Waals surface area (Å²) in [6.45, 7) is 1.82. The van der Waals surface area contributed by atoms with Crippen molar-refractivity contribution in [3.63, 3.8) is 0 Å². The topological polar surface area (TPSA) is 89.3 Å². The number of anilines is 1. The molecule has 110 valence electrons. The SMILES string of the molecule is Cc1cccc(NS(=O)(=O)c2cc([N+](=O)[O-])ccc2Cl)c1. The zero-order valence-corrected chi connectivity index (χ0v) is 12.5. The molecule has 2 aromatic rings. The molecule has 21 heavy (non-hydrogen) atoms. The molecule has 1 N–H and O–H groups in total. The first-order valence-corrected chi connectivity index (χ1v) is 7.69. The van der Waals surface area contributed by atoms with E-state index in [0.29, 0.717) is 5.69 Å². The third-order valence-corrected chi connectivity index (χ3v) is 4.55. The van der Waals surface area contributed by atoms with Crippen molar-refractivity contribution >= 4 is 33.0 Å². The van der Waals surface area contributed by atoms with Crippen molar-refractivity contribution in [2.24, 2.45) is 0 Å². The summed E-state index contributed by atoms with van der Waals surface area (Å²) in [6.07, 6.45) is 0. The highest BCUT2D eigenvalue weighted by Crippen LogP contribution is 2.27. The van der Waals surface area contributed by atoms with E-state index in [9.17, 15) is 18.5 Å². The molecule has 2 rings (SSSR count). The Morgan fingerprint density at radius 1 is 1.19 bits per heavy atom. The fourth-order valence-electron chi connectivity index (χ4n) is 1.73. The highest BCUT2D eigenvalue weighted by atomic mass is 35.5. The van der Waals surface area contributed by atoms with E-state index in [4.69, 9.17) is 11.6 Å². The molecular formula is C13H11ClN2O4S. The molecule has 8 heteroatoms. The van der Waals surface area contributed by atoms with E-state index in [2.05, 4.69) is 4.72 Å². The number of nitro benzene ring substituents is 1. The van der Waals surface area contributed by atoms with Crippen molar-refractivity contribution in [2.45, 2.75) is 11.8 Å². The summed E-state index contributed by atoms with van der Waals surface area (Å²) in [5.74, 6) is 0. The molecule has 0 unspecified atom stereocenters. The third-order valence-electron chi connectivity index (χ3n) is 2.69. The van der Waals surface area contributed by atoms with Crippen LogP contribution in [-0.4, -0.2) is 13.3 Å². The van der Waals surface area contributed by atoms with Gasteiger partial charge in [-0.1, -0.05) is 23.7 Å². The van der Waals surface area contributed by atoms with Crippen LogP contribution in [0.2, 0.25) is 5.02 Å². The molecule has 0 atom stereocenters. The molecule has 0 spiro atoms. The summed E-state index contributed by atoms with van der Waals surface area (Å²) in [4.78, 5) is 9.73. The van der Waals surface area contributed by atoms with Crippen LogP contribution in [-0.2, 0) is 10.0 Å². The summed E-state index contributed by atoms with van der Waals surface area (Å²) >= 11 is 5.84. The van der Waals surface area contributed by atoms with E-state index in [1.165, 1.54) is 6.07 Å². The van der Waals surface area contributed by atoms with Crippen molar-refractivity contribution in [1.82, 2.24) is 0 Å². The average molecular weight is 327 g/mol. The highest BCUT2D eigenvalue weighted by molar-refractivity contribution is 7.92. The van der Waals surface area contributed by atoms with Crippen LogP contribution in [0.5, 0.6) is 0 Å². The molecule has 0 fully saturated rings. The summed E-state index contributed by atoms with van der Waals surface area (Å²) in [6, 6.07) is 10.00. The highest BCUT2D eigenvalue weighted by Gasteiger charge is 2.21. The number of non-ortho nitro benzene ring substituents is 1. The van der Waals surface area contributed by atoms with Crippen LogP contribution in [0.3, 0.4) is 0 Å². The Morgan fingerprint density at radius 3 is 2.52 bits per heavy atom. The molecule has 0 aliphatic rings. The van der Waals surface area contributed by atoms with Gasteiger partial charge in [0.2, 0.25) is 0 Å². The van der Waals surface area contributed by atoms with Gasteiger partial charge < -0.3 is 0 Å². The first-order chi connectivity index (χ1) is 9.79. The number of rotatable bonds is 4. The minimum atomic E-state index is -4.00. The first kappa shape index (κ1) is 15.3. The van der Waals surface area contributed by atoms with Gasteiger partial charge in [-0.25, -0.2) is 8.42 Å². The van der Waals surface area contributed by atoms with Crippen LogP contribution < -0.4 is 4.72 Å². The molecule has 0 aliphatic heterocycles. The monoisotopic (exact) mass is 326 g/mol. The Morgan fingerprint density at radius 2 is 1.90 bits per heavy atom. The maximum atomic E-state index is 12.3. The molecule has 0 amide bonds. The molecule has 0 heterocycles. The lowest BCUT2D eigenvalue weighted by atomic mass is 10.2. The smallest absolute Gasteiger partial charge is 0.270 e. The molecule has 0 radical (unpaired) electrons. The largest absolute Gasteiger partial charge is 0.280 e. The van der Waals surface area contributed by atoms with E-state index in [-0.39, 0.29) is 15.6 Å². The second kappa shape index (κ2) is 5.71. The Kier molecular flexibility index (Phi) is 4.15. The lowest BCUT2D eigenvalue weighted by Gasteiger charge is -2.09. The molecule has 0 bridgehead atoms. The van der Waals surface area contributed by atoms with Gasteiger partial charge in [-0.2, -0.15) is 0 Å². The van der Waals surface area contributed by atoms with Crippen LogP contribution >= 0.6 is 11.6 Å². The van der Waals surface area contributed by atoms with Gasteiger partial charge in [0.1, 0.15) is 4.90 Å². The van der Waals surface area contributed by atoms with E-state index < -0.39 is 14.9 Å². The number of aryl methyl sites for hydroxylation is 1. The number of nitro groups is 1. The van der Waals surface area contributed by atoms with Gasteiger partial charge in [0.25, 0.3) is 15.7 Å². The standard InChI is InChI=1S/C13H11ClN2O4S/c1-9-3-2-4-10(7-9)15-21(19,20)13-8-11(16(17)18)5-6-12(13)14/h2-8,15H,1H3. The van der Waals surface area contributed by atoms with Gasteiger partial charge in [-0.05, 0) is 30.7 Å². The Labute approximate surface area is 126 Å². The van der Waals surface area contributed by atoms with Crippen molar-refractivity contribution in [1.29, 1.82) is 0 Å². The normalized spacial score (nSPS) is 11.1. The average Bonchev–Trinajstić information content (AvgIpc) is 2.38. The Balaban J connectivity index is 2.44. The van der Waals surface area contributed by atoms with Gasteiger partial charge in [0.05, 0.1) is 9.95 Å². The number of nitrogens with zero attached hydrogens (tertiary/aromatic N) is 1. The van der Waals surface area contributed by atoms with Crippen molar-refractivity contribution in [2.75, 3.05) is 4.72 Å². The van der Waals surface area contributed by atoms with Crippen molar-refractivity contribution in [3.8, 4) is 0 Å². The second-order valence-corrected chi connectivity index (χ2v) is 6.40. The summed E-state index contributed by atoms with van der Waals surface area (Å²) in [5, 5.41) is 10.7. The summed E-state index contributed by atoms with van der Waals surface area (Å²) < 4.78 is 26.9. The van der Waals surface area contributed by atoms with Crippen LogP contribution in [0.4, 0.5) is 11.4 Å². The zero-order chi connectivity index (χ0) is 15.6. The van der Waals surface area contributed by atoms with Gasteiger partial charge in [0.15, 0.2) is 0 Å². The fraction of sp³-hybridized carbons (Fsp3) is 0.0769. The van der Waals surface area contributed by atoms with Gasteiger partial charge in [-0.3, -0.25) is 14.8 Å². The van der Waals surface area contributed by atoms with E-state index in [0.717, 1.165) is 17.7 Å². The first-order valence-electron chi connectivity index (χ1n) is 5.83. The minimum Gasteiger partial charge on any atom is -0.280 e. The minimum absolute atomic E-state index is 0.0826. The van der Waals surface area contributed by atoms with Crippen LogP contribution in [0.1, 0.15) is 5.56 Å². The van der Waals surface area contributed by atoms with Crippen molar-refractivity contribution < 1.29 is 13.3 Å². The Bertz CT molecular complexity index is 806. The zero-order valence-electron chi connectivity index (χ0n) is 10.9. The third kappa shape index (κ3) is 3.50. The van der Waals surface area contributed by atoms with Gasteiger partial charge in [-0.15, -0.1) is 0 Å². The van der Waals surface area contributed by atoms with Crippen LogP contribution in [0.15, 0.2) is 47.4 Å². The fourth-order valence-corrected chi connectivity index (χ4v) is 3.30. The van der Waals surface area contributed by atoms with E-state index in [1.807, 2.05) is 13.0 Å². The maximum absolute atomic E-state index is 12.3. The number of benzene rings is 2. The number of hydrogen-bond donors (Lipinski definition) is 1. The number of halogens is 1. The number of sulfonamides is 1. The number of hydrogen-bond acceptors (Lipinski definition) is 4. The summed E-state index contributed by atoms with van der Waals surface area (Å²) in [7, 11) is -4.00. The van der Waals surface area contributed by atoms with Crippen molar-refractivity contribution in [3.05, 3.63) is 63.2 Å². The molecule has 0 saturated heterocycles. The lowest BCUT2D eigenvalue weighted by Crippen LogP contribution is -2.13. The molecule has 6 nitrogen and oxygen atoms in total. The quantitative estimate of drug-likeness (QED) is 0.689. The van der Waals surface area contributed by atoms with E-state index in [1.54, 1.807) is 18.2 Å². The molecular weight excluding hydrogens is 316 g/mol. The van der Waals surface area contributed by atoms with Crippen LogP contribution in [0.25, 0.3) is 0 Å². The van der Waals surface area contributed by atoms with Gasteiger partial charge in [0, 0.05) is 17.8 Å². The predicted octanol–water partition coefficient (Wildman–Crippen LogP) is 3.36. The molecule has 0 saturated carbocycles. The molecule has 2 aromatic carbocycles. The van der Waals surface area contributed by atoms with Gasteiger partial charge >= 0.3 is 0 Å².